The van der Waals surface area contributed by atoms with Crippen LogP contribution in [0.2, 0.25) is 5.02 Å². The van der Waals surface area contributed by atoms with Gasteiger partial charge in [-0.25, -0.2) is 5.32 Å². The Hall–Kier alpha value is -3.50. The molecule has 0 saturated carbocycles. The van der Waals surface area contributed by atoms with Crippen LogP contribution < -0.4 is 16.0 Å². The fourth-order valence-electron chi connectivity index (χ4n) is 3.29. The summed E-state index contributed by atoms with van der Waals surface area (Å²) in [6.07, 6.45) is -5.52. The number of benzene rings is 2. The number of nitrogens with zero attached hydrogens (tertiary/aromatic N) is 2. The molecule has 34 heavy (non-hydrogen) atoms. The average molecular weight is 505 g/mol. The van der Waals surface area contributed by atoms with Crippen molar-refractivity contribution in [3.63, 3.8) is 0 Å². The molecule has 0 unspecified atom stereocenters. The Morgan fingerprint density at radius 1 is 1.12 bits per heavy atom. The molecule has 4 rings (SSSR count). The Bertz CT molecular complexity index is 1340. The molecule has 0 aliphatic carbocycles. The van der Waals surface area contributed by atoms with Gasteiger partial charge in [0.05, 0.1) is 22.5 Å². The van der Waals surface area contributed by atoms with Crippen molar-refractivity contribution in [3.05, 3.63) is 75.9 Å². The quantitative estimate of drug-likeness (QED) is 0.209. The first kappa shape index (κ1) is 23.7. The van der Waals surface area contributed by atoms with Gasteiger partial charge < -0.3 is 0 Å². The van der Waals surface area contributed by atoms with Crippen LogP contribution in [0.5, 0.6) is 0 Å². The normalized spacial score (nSPS) is 13.1. The maximum atomic E-state index is 13.6. The van der Waals surface area contributed by atoms with Crippen molar-refractivity contribution in [3.8, 4) is 11.3 Å². The zero-order valence-electron chi connectivity index (χ0n) is 17.4. The standard InChI is InChI=1S/C23H17ClF3N5OS/c24-14-8-9-16-15(11-14)20(13-5-2-1-3-6-13)31-22(29-16)32-21(28)30-19(23(25,26)27)12-17(33)18-7-4-10-34-18/h1-11,19H,12H2,(H3,28,29,30,31,32)/p+1/t19-/m1/s1. The van der Waals surface area contributed by atoms with Crippen LogP contribution in [-0.2, 0) is 0 Å². The number of thiophene rings is 1. The smallest absolute Gasteiger partial charge is 0.293 e. The van der Waals surface area contributed by atoms with E-state index in [0.717, 1.165) is 16.9 Å². The van der Waals surface area contributed by atoms with Crippen molar-refractivity contribution < 1.29 is 23.0 Å². The first-order valence-corrected chi connectivity index (χ1v) is 11.3. The Morgan fingerprint density at radius 3 is 2.56 bits per heavy atom. The van der Waals surface area contributed by atoms with Gasteiger partial charge in [-0.05, 0) is 29.6 Å². The number of hydrogen-bond donors (Lipinski definition) is 3. The summed E-state index contributed by atoms with van der Waals surface area (Å²) in [6.45, 7) is 0. The van der Waals surface area contributed by atoms with Gasteiger partial charge in [0, 0.05) is 16.0 Å². The van der Waals surface area contributed by atoms with E-state index in [4.69, 9.17) is 17.3 Å². The number of nitrogens with one attached hydrogen (secondary N) is 2. The predicted octanol–water partition coefficient (Wildman–Crippen LogP) is 4.02. The highest BCUT2D eigenvalue weighted by Gasteiger charge is 2.42. The number of alkyl halides is 3. The minimum atomic E-state index is -4.71. The lowest BCUT2D eigenvalue weighted by Crippen LogP contribution is -2.86. The van der Waals surface area contributed by atoms with E-state index in [2.05, 4.69) is 20.3 Å². The second kappa shape index (κ2) is 9.78. The molecule has 4 aromatic rings. The van der Waals surface area contributed by atoms with Crippen molar-refractivity contribution in [2.24, 2.45) is 5.73 Å². The van der Waals surface area contributed by atoms with E-state index in [1.54, 1.807) is 29.6 Å². The number of nitrogens with two attached hydrogens (primary N) is 1. The van der Waals surface area contributed by atoms with Gasteiger partial charge in [-0.1, -0.05) is 48.0 Å². The van der Waals surface area contributed by atoms with Crippen LogP contribution in [0.25, 0.3) is 22.2 Å². The molecule has 0 aliphatic rings. The lowest BCUT2D eigenvalue weighted by molar-refractivity contribution is -0.547. The molecule has 4 N–H and O–H groups in total. The minimum Gasteiger partial charge on any atom is -0.293 e. The van der Waals surface area contributed by atoms with Crippen LogP contribution in [0.15, 0.2) is 66.0 Å². The van der Waals surface area contributed by atoms with Crippen molar-refractivity contribution in [1.29, 1.82) is 0 Å². The van der Waals surface area contributed by atoms with E-state index in [0.29, 0.717) is 21.6 Å². The molecule has 174 valence electrons. The van der Waals surface area contributed by atoms with Crippen LogP contribution in [-0.4, -0.2) is 33.9 Å². The predicted molar refractivity (Wildman–Crippen MR) is 127 cm³/mol. The Labute approximate surface area is 201 Å². The molecule has 0 saturated heterocycles. The van der Waals surface area contributed by atoms with Crippen molar-refractivity contribution in [1.82, 2.24) is 9.97 Å². The number of ketones is 1. The van der Waals surface area contributed by atoms with Gasteiger partial charge in [0.2, 0.25) is 0 Å². The number of guanidine groups is 1. The van der Waals surface area contributed by atoms with Gasteiger partial charge in [-0.2, -0.15) is 23.1 Å². The molecule has 11 heteroatoms. The molecule has 0 aliphatic heterocycles. The lowest BCUT2D eigenvalue weighted by atomic mass is 10.1. The van der Waals surface area contributed by atoms with Crippen LogP contribution in [0, 0.1) is 0 Å². The van der Waals surface area contributed by atoms with Gasteiger partial charge in [0.1, 0.15) is 0 Å². The fourth-order valence-corrected chi connectivity index (χ4v) is 4.14. The monoisotopic (exact) mass is 504 g/mol. The van der Waals surface area contributed by atoms with Gasteiger partial charge in [-0.3, -0.25) is 15.5 Å². The summed E-state index contributed by atoms with van der Waals surface area (Å²) in [5, 5.41) is 5.38. The first-order valence-electron chi connectivity index (χ1n) is 10.0. The molecule has 0 spiro atoms. The highest BCUT2D eigenvalue weighted by molar-refractivity contribution is 7.12. The second-order valence-corrected chi connectivity index (χ2v) is 8.69. The van der Waals surface area contributed by atoms with Crippen LogP contribution >= 0.6 is 22.9 Å². The highest BCUT2D eigenvalue weighted by Crippen LogP contribution is 2.29. The summed E-state index contributed by atoms with van der Waals surface area (Å²) in [4.78, 5) is 23.4. The molecule has 0 bridgehead atoms. The minimum absolute atomic E-state index is 0.0100. The third kappa shape index (κ3) is 5.52. The molecule has 2 heterocycles. The lowest BCUT2D eigenvalue weighted by Gasteiger charge is -2.15. The number of Topliss-reactive ketones (excluding diaryl/α,β-unsaturated/α-hetero) is 1. The fraction of sp³-hybridized carbons (Fsp3) is 0.130. The molecule has 2 aromatic heterocycles. The maximum absolute atomic E-state index is 13.6. The van der Waals surface area contributed by atoms with Gasteiger partial charge in [0.25, 0.3) is 5.95 Å². The number of hydrogen-bond acceptors (Lipinski definition) is 4. The van der Waals surface area contributed by atoms with Gasteiger partial charge in [0.15, 0.2) is 11.8 Å². The molecular weight excluding hydrogens is 487 g/mol. The summed E-state index contributed by atoms with van der Waals surface area (Å²) >= 11 is 7.22. The Balaban J connectivity index is 1.66. The van der Waals surface area contributed by atoms with E-state index in [9.17, 15) is 18.0 Å². The molecule has 0 amide bonds. The summed E-state index contributed by atoms with van der Waals surface area (Å²) in [5.74, 6) is -1.08. The third-order valence-electron chi connectivity index (χ3n) is 4.86. The third-order valence-corrected chi connectivity index (χ3v) is 6.01. The summed E-state index contributed by atoms with van der Waals surface area (Å²) < 4.78 is 40.8. The highest BCUT2D eigenvalue weighted by atomic mass is 35.5. The molecular formula is C23H18ClF3N5OS+. The molecule has 0 radical (unpaired) electrons. The van der Waals surface area contributed by atoms with Crippen LogP contribution in [0.3, 0.4) is 0 Å². The number of aromatic nitrogens is 2. The number of carbonyl (C=O) groups excluding carboxylic acids is 1. The van der Waals surface area contributed by atoms with Crippen molar-refractivity contribution >= 4 is 51.5 Å². The zero-order valence-corrected chi connectivity index (χ0v) is 19.0. The number of rotatable bonds is 6. The SMILES string of the molecule is NC(Nc1nc(-c2ccccc2)c2cc(Cl)ccc2n1)=[NH+][C@H](CC(=O)c1cccs1)C(F)(F)F. The molecule has 1 atom stereocenters. The zero-order chi connectivity index (χ0) is 24.3. The van der Waals surface area contributed by atoms with E-state index in [1.807, 2.05) is 30.3 Å². The number of fused-ring (bicyclic) bond motifs is 1. The van der Waals surface area contributed by atoms with Crippen LogP contribution in [0.4, 0.5) is 19.1 Å². The van der Waals surface area contributed by atoms with Crippen molar-refractivity contribution in [2.75, 3.05) is 5.32 Å². The summed E-state index contributed by atoms with van der Waals surface area (Å²) in [7, 11) is 0. The summed E-state index contributed by atoms with van der Waals surface area (Å²) in [6, 6.07) is 15.1. The average Bonchev–Trinajstić information content (AvgIpc) is 3.33. The van der Waals surface area contributed by atoms with Gasteiger partial charge >= 0.3 is 12.1 Å². The van der Waals surface area contributed by atoms with E-state index < -0.39 is 30.4 Å². The second-order valence-electron chi connectivity index (χ2n) is 7.31. The number of carbonyl (C=O) groups is 1. The van der Waals surface area contributed by atoms with E-state index in [1.165, 1.54) is 6.07 Å². The number of halogens is 4. The molecule has 2 aromatic carbocycles. The topological polar surface area (TPSA) is 94.9 Å². The molecule has 0 fully saturated rings. The summed E-state index contributed by atoms with van der Waals surface area (Å²) in [5.41, 5.74) is 7.66. The van der Waals surface area contributed by atoms with Gasteiger partial charge in [-0.15, -0.1) is 11.3 Å². The van der Waals surface area contributed by atoms with E-state index >= 15 is 0 Å². The van der Waals surface area contributed by atoms with Crippen molar-refractivity contribution in [2.45, 2.75) is 18.6 Å². The molecule has 6 nitrogen and oxygen atoms in total. The number of anilines is 1. The largest absolute Gasteiger partial charge is 0.422 e. The van der Waals surface area contributed by atoms with E-state index in [-0.39, 0.29) is 10.8 Å². The maximum Gasteiger partial charge on any atom is 0.422 e. The van der Waals surface area contributed by atoms with Crippen LogP contribution in [0.1, 0.15) is 16.1 Å². The Kier molecular flexibility index (Phi) is 6.80. The Morgan fingerprint density at radius 2 is 1.88 bits per heavy atom. The first-order chi connectivity index (χ1) is 16.2.